The molecule has 1 rings (SSSR count). The molecule has 4 heteroatoms. The van der Waals surface area contributed by atoms with Gasteiger partial charge in [0.25, 0.3) is 0 Å². The molecule has 0 aromatic rings. The third-order valence-corrected chi connectivity index (χ3v) is 4.95. The number of cyclic esters (lactones) is 2. The van der Waals surface area contributed by atoms with Crippen molar-refractivity contribution in [3.8, 4) is 12.3 Å². The molecular formula is C22H32O4. The second-order valence-corrected chi connectivity index (χ2v) is 7.29. The SMILES string of the molecule is C#C[C@@H](CC/C(C)=C/COCC=C)[C@]1(C)OC(=O)OC1CC(=C)C(C)C. The van der Waals surface area contributed by atoms with Crippen LogP contribution in [0.5, 0.6) is 0 Å². The van der Waals surface area contributed by atoms with E-state index in [-0.39, 0.29) is 5.92 Å². The van der Waals surface area contributed by atoms with Gasteiger partial charge < -0.3 is 14.2 Å². The van der Waals surface area contributed by atoms with Crippen molar-refractivity contribution < 1.29 is 19.0 Å². The number of terminal acetylenes is 1. The largest absolute Gasteiger partial charge is 0.509 e. The van der Waals surface area contributed by atoms with E-state index in [0.717, 1.165) is 12.0 Å². The van der Waals surface area contributed by atoms with Crippen molar-refractivity contribution >= 4 is 6.16 Å². The lowest BCUT2D eigenvalue weighted by Crippen LogP contribution is -2.44. The highest BCUT2D eigenvalue weighted by molar-refractivity contribution is 5.63. The van der Waals surface area contributed by atoms with E-state index < -0.39 is 17.9 Å². The van der Waals surface area contributed by atoms with Gasteiger partial charge >= 0.3 is 6.16 Å². The van der Waals surface area contributed by atoms with Crippen LogP contribution in [0.4, 0.5) is 4.79 Å². The number of carbonyl (C=O) groups excluding carboxylic acids is 1. The molecule has 0 bridgehead atoms. The highest BCUT2D eigenvalue weighted by atomic mass is 16.8. The zero-order valence-corrected chi connectivity index (χ0v) is 16.5. The molecule has 1 fully saturated rings. The Morgan fingerprint density at radius 1 is 1.46 bits per heavy atom. The zero-order chi connectivity index (χ0) is 19.7. The number of hydrogen-bond donors (Lipinski definition) is 0. The predicted octanol–water partition coefficient (Wildman–Crippen LogP) is 5.06. The normalized spacial score (nSPS) is 23.9. The Morgan fingerprint density at radius 2 is 2.15 bits per heavy atom. The van der Waals surface area contributed by atoms with Crippen LogP contribution in [0.25, 0.3) is 0 Å². The van der Waals surface area contributed by atoms with Crippen molar-refractivity contribution in [2.45, 2.75) is 58.7 Å². The van der Waals surface area contributed by atoms with Crippen LogP contribution >= 0.6 is 0 Å². The minimum atomic E-state index is -0.844. The van der Waals surface area contributed by atoms with Gasteiger partial charge in [0.1, 0.15) is 6.10 Å². The highest BCUT2D eigenvalue weighted by Gasteiger charge is 2.52. The standard InChI is InChI=1S/C22H32O4/c1-8-13-24-14-12-17(5)10-11-19(9-2)22(7)20(25-21(23)26-22)15-18(6)16(3)4/h2,8,12,16,19-20H,1,6,10-11,13-15H2,3-5,7H3/b17-12+/t19-,20?,22-/m0/s1. The molecule has 0 N–H and O–H groups in total. The molecule has 0 aliphatic carbocycles. The summed E-state index contributed by atoms with van der Waals surface area (Å²) in [7, 11) is 0. The van der Waals surface area contributed by atoms with Gasteiger partial charge in [-0.25, -0.2) is 4.79 Å². The second-order valence-electron chi connectivity index (χ2n) is 7.29. The summed E-state index contributed by atoms with van der Waals surface area (Å²) in [6.45, 7) is 16.8. The summed E-state index contributed by atoms with van der Waals surface area (Å²) in [6.07, 6.45) is 10.5. The Labute approximate surface area is 158 Å². The van der Waals surface area contributed by atoms with Crippen molar-refractivity contribution in [1.82, 2.24) is 0 Å². The van der Waals surface area contributed by atoms with Crippen molar-refractivity contribution in [2.24, 2.45) is 11.8 Å². The average molecular weight is 360 g/mol. The summed E-state index contributed by atoms with van der Waals surface area (Å²) >= 11 is 0. The molecule has 1 heterocycles. The highest BCUT2D eigenvalue weighted by Crippen LogP contribution is 2.40. The van der Waals surface area contributed by atoms with E-state index in [2.05, 4.69) is 32.9 Å². The zero-order valence-electron chi connectivity index (χ0n) is 16.5. The summed E-state index contributed by atoms with van der Waals surface area (Å²) in [5, 5.41) is 0. The van der Waals surface area contributed by atoms with Crippen LogP contribution in [0.3, 0.4) is 0 Å². The topological polar surface area (TPSA) is 44.8 Å². The van der Waals surface area contributed by atoms with E-state index in [1.165, 1.54) is 5.57 Å². The van der Waals surface area contributed by atoms with Gasteiger partial charge in [0, 0.05) is 6.42 Å². The van der Waals surface area contributed by atoms with E-state index in [1.54, 1.807) is 6.08 Å². The first-order chi connectivity index (χ1) is 12.2. The first-order valence-electron chi connectivity index (χ1n) is 9.12. The van der Waals surface area contributed by atoms with Crippen LogP contribution in [0.15, 0.2) is 36.5 Å². The molecule has 1 saturated heterocycles. The lowest BCUT2D eigenvalue weighted by Gasteiger charge is -2.33. The van der Waals surface area contributed by atoms with Gasteiger partial charge in [-0.3, -0.25) is 0 Å². The molecule has 26 heavy (non-hydrogen) atoms. The van der Waals surface area contributed by atoms with Crippen LogP contribution in [0, 0.1) is 24.2 Å². The summed E-state index contributed by atoms with van der Waals surface area (Å²) in [4.78, 5) is 11.8. The Balaban J connectivity index is 2.75. The van der Waals surface area contributed by atoms with E-state index in [9.17, 15) is 4.79 Å². The van der Waals surface area contributed by atoms with Gasteiger partial charge in [-0.2, -0.15) is 0 Å². The first-order valence-corrected chi connectivity index (χ1v) is 9.12. The average Bonchev–Trinajstić information content (AvgIpc) is 2.86. The quantitative estimate of drug-likeness (QED) is 0.224. The maximum Gasteiger partial charge on any atom is 0.509 e. The lowest BCUT2D eigenvalue weighted by molar-refractivity contribution is 0.00815. The van der Waals surface area contributed by atoms with Gasteiger partial charge in [-0.15, -0.1) is 13.0 Å². The molecular weight excluding hydrogens is 328 g/mol. The van der Waals surface area contributed by atoms with Crippen LogP contribution in [0.1, 0.15) is 47.0 Å². The van der Waals surface area contributed by atoms with Gasteiger partial charge in [-0.1, -0.05) is 49.6 Å². The summed E-state index contributed by atoms with van der Waals surface area (Å²) in [6, 6.07) is 0. The van der Waals surface area contributed by atoms with Crippen LogP contribution in [-0.2, 0) is 14.2 Å². The van der Waals surface area contributed by atoms with E-state index in [0.29, 0.717) is 32.0 Å². The van der Waals surface area contributed by atoms with Crippen LogP contribution < -0.4 is 0 Å². The smallest absolute Gasteiger partial charge is 0.426 e. The molecule has 0 spiro atoms. The van der Waals surface area contributed by atoms with Crippen molar-refractivity contribution in [2.75, 3.05) is 13.2 Å². The van der Waals surface area contributed by atoms with Gasteiger partial charge in [0.2, 0.25) is 0 Å². The molecule has 144 valence electrons. The van der Waals surface area contributed by atoms with Crippen LogP contribution in [-0.4, -0.2) is 31.1 Å². The number of rotatable bonds is 11. The molecule has 0 amide bonds. The van der Waals surface area contributed by atoms with Crippen molar-refractivity contribution in [3.05, 3.63) is 36.5 Å². The second kappa shape index (κ2) is 10.2. The molecule has 0 aromatic carbocycles. The summed E-state index contributed by atoms with van der Waals surface area (Å²) in [5.41, 5.74) is 1.36. The number of hydrogen-bond acceptors (Lipinski definition) is 4. The maximum atomic E-state index is 11.8. The maximum absolute atomic E-state index is 11.8. The Bertz CT molecular complexity index is 581. The van der Waals surface area contributed by atoms with E-state index >= 15 is 0 Å². The summed E-state index contributed by atoms with van der Waals surface area (Å²) < 4.78 is 16.3. The lowest BCUT2D eigenvalue weighted by atomic mass is 9.78. The molecule has 0 radical (unpaired) electrons. The monoisotopic (exact) mass is 360 g/mol. The number of carbonyl (C=O) groups is 1. The molecule has 4 nitrogen and oxygen atoms in total. The van der Waals surface area contributed by atoms with E-state index in [1.807, 2.05) is 19.9 Å². The molecule has 1 aliphatic rings. The molecule has 0 saturated carbocycles. The van der Waals surface area contributed by atoms with E-state index in [4.69, 9.17) is 20.6 Å². The van der Waals surface area contributed by atoms with Gasteiger partial charge in [0.05, 0.1) is 19.1 Å². The molecule has 3 atom stereocenters. The summed E-state index contributed by atoms with van der Waals surface area (Å²) in [5.74, 6) is 2.88. The van der Waals surface area contributed by atoms with Gasteiger partial charge in [0.15, 0.2) is 5.60 Å². The number of allylic oxidation sites excluding steroid dienone is 1. The van der Waals surface area contributed by atoms with Crippen LogP contribution in [0.2, 0.25) is 0 Å². The molecule has 0 aromatic heterocycles. The Kier molecular flexibility index (Phi) is 8.68. The number of ether oxygens (including phenoxy) is 3. The minimum Gasteiger partial charge on any atom is -0.426 e. The fraction of sp³-hybridized carbons (Fsp3) is 0.591. The Morgan fingerprint density at radius 3 is 2.73 bits per heavy atom. The Hall–Kier alpha value is -1.99. The fourth-order valence-corrected chi connectivity index (χ4v) is 2.88. The fourth-order valence-electron chi connectivity index (χ4n) is 2.88. The third kappa shape index (κ3) is 6.07. The predicted molar refractivity (Wildman–Crippen MR) is 105 cm³/mol. The van der Waals surface area contributed by atoms with Crippen molar-refractivity contribution in [3.63, 3.8) is 0 Å². The molecule has 1 unspecified atom stereocenters. The van der Waals surface area contributed by atoms with Crippen molar-refractivity contribution in [1.29, 1.82) is 0 Å². The third-order valence-electron chi connectivity index (χ3n) is 4.95. The van der Waals surface area contributed by atoms with Gasteiger partial charge in [-0.05, 0) is 32.6 Å². The first kappa shape index (κ1) is 22.1. The minimum absolute atomic E-state index is 0.239. The molecule has 1 aliphatic heterocycles.